The lowest BCUT2D eigenvalue weighted by Gasteiger charge is -2.16. The molecule has 3 aromatic rings. The fourth-order valence-corrected chi connectivity index (χ4v) is 3.38. The van der Waals surface area contributed by atoms with Crippen molar-refractivity contribution in [3.05, 3.63) is 89.9 Å². The summed E-state index contributed by atoms with van der Waals surface area (Å²) >= 11 is 0. The van der Waals surface area contributed by atoms with Gasteiger partial charge in [-0.2, -0.15) is 0 Å². The molecule has 0 bridgehead atoms. The highest BCUT2D eigenvalue weighted by molar-refractivity contribution is 5.99. The van der Waals surface area contributed by atoms with Crippen LogP contribution in [0.3, 0.4) is 0 Å². The van der Waals surface area contributed by atoms with Crippen LogP contribution in [0.5, 0.6) is 5.75 Å². The molecule has 0 atom stereocenters. The third-order valence-corrected chi connectivity index (χ3v) is 4.96. The monoisotopic (exact) mass is 449 g/mol. The summed E-state index contributed by atoms with van der Waals surface area (Å²) in [7, 11) is 1.34. The van der Waals surface area contributed by atoms with E-state index in [0.29, 0.717) is 34.8 Å². The van der Waals surface area contributed by atoms with Crippen molar-refractivity contribution in [2.45, 2.75) is 26.7 Å². The van der Waals surface area contributed by atoms with Crippen LogP contribution in [0.25, 0.3) is 16.8 Å². The maximum Gasteiger partial charge on any atom is 0.247 e. The van der Waals surface area contributed by atoms with E-state index in [1.807, 2.05) is 19.1 Å². The molecule has 1 N–H and O–H groups in total. The summed E-state index contributed by atoms with van der Waals surface area (Å²) in [6.07, 6.45) is 6.20. The molecule has 0 fully saturated rings. The van der Waals surface area contributed by atoms with E-state index in [0.717, 1.165) is 18.1 Å². The molecule has 170 valence electrons. The largest absolute Gasteiger partial charge is 0.493 e. The third kappa shape index (κ3) is 5.49. The maximum atomic E-state index is 14.5. The summed E-state index contributed by atoms with van der Waals surface area (Å²) in [5.74, 6) is -1.88. The first-order valence-electron chi connectivity index (χ1n) is 10.5. The first kappa shape index (κ1) is 23.8. The molecule has 0 aliphatic heterocycles. The summed E-state index contributed by atoms with van der Waals surface area (Å²) in [5, 5.41) is 2.72. The van der Waals surface area contributed by atoms with E-state index >= 15 is 0 Å². The standard InChI is InChI=1S/C26H25F2N3O2/c1-5-7-11-20(21-13-18(27)14-22(28)26(21)33-4)25-16(3)29-15-23(31-25)17-9-8-10-19(12-17)30-24(32)6-2/h6,8-15H,2,5,7H2,1,3-4H3,(H,30,32)/b20-11-. The molecule has 7 heteroatoms. The summed E-state index contributed by atoms with van der Waals surface area (Å²) in [6, 6.07) is 9.17. The Morgan fingerprint density at radius 2 is 2.03 bits per heavy atom. The highest BCUT2D eigenvalue weighted by atomic mass is 19.1. The van der Waals surface area contributed by atoms with E-state index in [9.17, 15) is 13.6 Å². The van der Waals surface area contributed by atoms with Gasteiger partial charge in [-0.05, 0) is 37.6 Å². The Balaban J connectivity index is 2.16. The van der Waals surface area contributed by atoms with E-state index in [4.69, 9.17) is 9.72 Å². The molecule has 1 aromatic heterocycles. The number of halogens is 2. The summed E-state index contributed by atoms with van der Waals surface area (Å²) in [4.78, 5) is 20.9. The van der Waals surface area contributed by atoms with Gasteiger partial charge >= 0.3 is 0 Å². The van der Waals surface area contributed by atoms with Crippen molar-refractivity contribution in [1.82, 2.24) is 9.97 Å². The molecule has 0 aliphatic carbocycles. The molecule has 1 heterocycles. The van der Waals surface area contributed by atoms with Crippen LogP contribution in [0.1, 0.15) is 36.7 Å². The lowest BCUT2D eigenvalue weighted by atomic mass is 9.97. The van der Waals surface area contributed by atoms with Gasteiger partial charge in [0.05, 0.1) is 30.4 Å². The topological polar surface area (TPSA) is 64.1 Å². The van der Waals surface area contributed by atoms with Gasteiger partial charge in [0.2, 0.25) is 5.91 Å². The van der Waals surface area contributed by atoms with Crippen molar-refractivity contribution >= 4 is 17.2 Å². The number of allylic oxidation sites excluding steroid dienone is 1. The van der Waals surface area contributed by atoms with E-state index < -0.39 is 11.6 Å². The number of rotatable bonds is 8. The zero-order valence-corrected chi connectivity index (χ0v) is 18.8. The van der Waals surface area contributed by atoms with Crippen molar-refractivity contribution in [2.75, 3.05) is 12.4 Å². The molecule has 2 aromatic carbocycles. The normalized spacial score (nSPS) is 11.2. The quantitative estimate of drug-likeness (QED) is 0.423. The number of amides is 1. The number of methoxy groups -OCH3 is 1. The van der Waals surface area contributed by atoms with Gasteiger partial charge in [-0.25, -0.2) is 13.8 Å². The van der Waals surface area contributed by atoms with Gasteiger partial charge in [0.25, 0.3) is 0 Å². The number of anilines is 1. The zero-order chi connectivity index (χ0) is 24.0. The van der Waals surface area contributed by atoms with E-state index in [1.165, 1.54) is 19.3 Å². The molecule has 0 radical (unpaired) electrons. The number of benzene rings is 2. The van der Waals surface area contributed by atoms with E-state index in [2.05, 4.69) is 16.9 Å². The number of ether oxygens (including phenoxy) is 1. The molecule has 0 saturated heterocycles. The molecule has 33 heavy (non-hydrogen) atoms. The minimum Gasteiger partial charge on any atom is -0.493 e. The number of carbonyl (C=O) groups excluding carboxylic acids is 1. The number of unbranched alkanes of at least 4 members (excludes halogenated alkanes) is 1. The Bertz CT molecular complexity index is 1220. The minimum absolute atomic E-state index is 0.0560. The van der Waals surface area contributed by atoms with Crippen LogP contribution >= 0.6 is 0 Å². The van der Waals surface area contributed by atoms with Gasteiger partial charge in [0.1, 0.15) is 5.82 Å². The predicted molar refractivity (Wildman–Crippen MR) is 126 cm³/mol. The fourth-order valence-electron chi connectivity index (χ4n) is 3.38. The second-order valence-corrected chi connectivity index (χ2v) is 7.34. The van der Waals surface area contributed by atoms with Crippen molar-refractivity contribution < 1.29 is 18.3 Å². The predicted octanol–water partition coefficient (Wildman–Crippen LogP) is 6.10. The maximum absolute atomic E-state index is 14.5. The number of aryl methyl sites for hydroxylation is 1. The molecule has 0 saturated carbocycles. The zero-order valence-electron chi connectivity index (χ0n) is 18.8. The van der Waals surface area contributed by atoms with Crippen LogP contribution in [0.2, 0.25) is 0 Å². The molecule has 5 nitrogen and oxygen atoms in total. The van der Waals surface area contributed by atoms with Crippen molar-refractivity contribution in [3.63, 3.8) is 0 Å². The minimum atomic E-state index is -0.790. The number of aromatic nitrogens is 2. The van der Waals surface area contributed by atoms with Gasteiger partial charge in [-0.15, -0.1) is 0 Å². The number of hydrogen-bond acceptors (Lipinski definition) is 4. The number of hydrogen-bond donors (Lipinski definition) is 1. The third-order valence-electron chi connectivity index (χ3n) is 4.96. The average molecular weight is 450 g/mol. The van der Waals surface area contributed by atoms with Crippen molar-refractivity contribution in [1.29, 1.82) is 0 Å². The molecule has 1 amide bonds. The fraction of sp³-hybridized carbons (Fsp3) is 0.192. The molecule has 0 aliphatic rings. The Morgan fingerprint density at radius 3 is 2.73 bits per heavy atom. The Kier molecular flexibility index (Phi) is 7.66. The van der Waals surface area contributed by atoms with Gasteiger partial charge < -0.3 is 10.1 Å². The molecule has 3 rings (SSSR count). The van der Waals surface area contributed by atoms with Crippen LogP contribution < -0.4 is 10.1 Å². The van der Waals surface area contributed by atoms with E-state index in [-0.39, 0.29) is 17.2 Å². The van der Waals surface area contributed by atoms with Crippen LogP contribution in [0.15, 0.2) is 61.3 Å². The molecular formula is C26H25F2N3O2. The average Bonchev–Trinajstić information content (AvgIpc) is 2.80. The Hall–Kier alpha value is -3.87. The van der Waals surface area contributed by atoms with Gasteiger partial charge in [0, 0.05) is 28.5 Å². The van der Waals surface area contributed by atoms with Crippen molar-refractivity contribution in [2.24, 2.45) is 0 Å². The number of carbonyl (C=O) groups is 1. The Labute approximate surface area is 191 Å². The lowest BCUT2D eigenvalue weighted by molar-refractivity contribution is -0.111. The van der Waals surface area contributed by atoms with Gasteiger partial charge in [-0.1, -0.05) is 38.1 Å². The summed E-state index contributed by atoms with van der Waals surface area (Å²) in [6.45, 7) is 7.25. The number of nitrogens with zero attached hydrogens (tertiary/aromatic N) is 2. The highest BCUT2D eigenvalue weighted by Gasteiger charge is 2.20. The molecular weight excluding hydrogens is 424 g/mol. The van der Waals surface area contributed by atoms with Crippen LogP contribution in [0, 0.1) is 18.6 Å². The second-order valence-electron chi connectivity index (χ2n) is 7.34. The molecule has 0 unspecified atom stereocenters. The highest BCUT2D eigenvalue weighted by Crippen LogP contribution is 2.35. The van der Waals surface area contributed by atoms with Crippen LogP contribution in [0.4, 0.5) is 14.5 Å². The van der Waals surface area contributed by atoms with Gasteiger partial charge in [0.15, 0.2) is 11.6 Å². The van der Waals surface area contributed by atoms with Crippen LogP contribution in [-0.2, 0) is 4.79 Å². The number of nitrogens with one attached hydrogen (secondary N) is 1. The molecule has 0 spiro atoms. The van der Waals surface area contributed by atoms with Crippen LogP contribution in [-0.4, -0.2) is 23.0 Å². The Morgan fingerprint density at radius 1 is 1.24 bits per heavy atom. The summed E-state index contributed by atoms with van der Waals surface area (Å²) < 4.78 is 33.9. The summed E-state index contributed by atoms with van der Waals surface area (Å²) in [5.41, 5.74) is 3.74. The first-order chi connectivity index (χ1) is 15.9. The first-order valence-corrected chi connectivity index (χ1v) is 10.5. The van der Waals surface area contributed by atoms with E-state index in [1.54, 1.807) is 31.3 Å². The second kappa shape index (κ2) is 10.6. The van der Waals surface area contributed by atoms with Crippen molar-refractivity contribution in [3.8, 4) is 17.0 Å². The van der Waals surface area contributed by atoms with Gasteiger partial charge in [-0.3, -0.25) is 9.78 Å². The lowest BCUT2D eigenvalue weighted by Crippen LogP contribution is -2.07. The SMILES string of the molecule is C=CC(=O)Nc1cccc(-c2cnc(C)c(/C(=C\CCC)c3cc(F)cc(F)c3OC)n2)c1. The smallest absolute Gasteiger partial charge is 0.247 e.